The van der Waals surface area contributed by atoms with Gasteiger partial charge in [0.15, 0.2) is 18.4 Å². The van der Waals surface area contributed by atoms with E-state index in [-0.39, 0.29) is 77.9 Å². The summed E-state index contributed by atoms with van der Waals surface area (Å²) in [5, 5.41) is 33.0. The van der Waals surface area contributed by atoms with Crippen molar-refractivity contribution >= 4 is 86.0 Å². The minimum atomic E-state index is -3.79. The Morgan fingerprint density at radius 1 is 0.688 bits per heavy atom. The number of amides is 2. The number of thiazole rings is 2. The summed E-state index contributed by atoms with van der Waals surface area (Å²) in [6, 6.07) is 11.7. The van der Waals surface area contributed by atoms with Crippen molar-refractivity contribution in [3.8, 4) is 20.9 Å². The van der Waals surface area contributed by atoms with Gasteiger partial charge in [-0.3, -0.25) is 0 Å². The van der Waals surface area contributed by atoms with Gasteiger partial charge in [0.05, 0.1) is 54.2 Å². The van der Waals surface area contributed by atoms with Crippen molar-refractivity contribution in [1.29, 1.82) is 0 Å². The summed E-state index contributed by atoms with van der Waals surface area (Å²) in [6.07, 6.45) is 12.4. The van der Waals surface area contributed by atoms with Crippen molar-refractivity contribution in [2.75, 3.05) is 30.3 Å². The second kappa shape index (κ2) is 28.2. The van der Waals surface area contributed by atoms with Gasteiger partial charge in [-0.2, -0.15) is 20.2 Å². The zero-order valence-corrected chi connectivity index (χ0v) is 51.1. The summed E-state index contributed by atoms with van der Waals surface area (Å²) in [6.45, 7) is 19.2. The molecule has 28 heteroatoms. The highest BCUT2D eigenvalue weighted by Crippen LogP contribution is 2.42. The van der Waals surface area contributed by atoms with Gasteiger partial charge in [0.2, 0.25) is 20.0 Å². The van der Waals surface area contributed by atoms with Crippen LogP contribution in [-0.4, -0.2) is 121 Å². The number of sulfonamides is 2. The normalized spacial score (nSPS) is 17.8. The van der Waals surface area contributed by atoms with Gasteiger partial charge >= 0.3 is 12.2 Å². The Kier molecular flexibility index (Phi) is 21.8. The number of alkyl carbamates (subject to hydrolysis) is 2. The maximum atomic E-state index is 13.3. The fraction of sp³-hybridized carbons (Fsp3) is 0.538. The molecule has 0 atom stereocenters. The largest absolute Gasteiger partial charge is 0.447 e. The summed E-state index contributed by atoms with van der Waals surface area (Å²) in [4.78, 5) is 36.6. The van der Waals surface area contributed by atoms with E-state index in [1.807, 2.05) is 39.8 Å². The van der Waals surface area contributed by atoms with E-state index in [0.717, 1.165) is 77.2 Å². The van der Waals surface area contributed by atoms with Crippen LogP contribution in [0.15, 0.2) is 71.0 Å². The van der Waals surface area contributed by atoms with Crippen LogP contribution >= 0.6 is 22.7 Å². The molecule has 0 saturated heterocycles. The van der Waals surface area contributed by atoms with Gasteiger partial charge in [-0.15, -0.1) is 32.9 Å². The third-order valence-corrected chi connectivity index (χ3v) is 20.2. The second-order valence-corrected chi connectivity index (χ2v) is 32.6. The highest BCUT2D eigenvalue weighted by atomic mass is 32.2. The molecular weight excluding hydrogens is 1120 g/mol. The number of anilines is 4. The minimum Gasteiger partial charge on any atom is -0.447 e. The van der Waals surface area contributed by atoms with Crippen molar-refractivity contribution in [2.24, 2.45) is 0 Å². The third kappa shape index (κ3) is 18.1. The van der Waals surface area contributed by atoms with Gasteiger partial charge in [-0.25, -0.2) is 45.8 Å². The van der Waals surface area contributed by atoms with Crippen LogP contribution in [0.3, 0.4) is 0 Å². The van der Waals surface area contributed by atoms with Crippen LogP contribution in [0.1, 0.15) is 115 Å². The fourth-order valence-electron chi connectivity index (χ4n) is 9.09. The molecule has 2 aliphatic rings. The average Bonchev–Trinajstić information content (AvgIpc) is 4.27. The Balaban J connectivity index is 0.000000236. The number of nitrogens with zero attached hydrogens (tertiary/aromatic N) is 7. The number of ether oxygens (including phenoxy) is 3. The third-order valence-electron chi connectivity index (χ3n) is 13.0. The van der Waals surface area contributed by atoms with E-state index < -0.39 is 28.1 Å². The van der Waals surface area contributed by atoms with E-state index in [4.69, 9.17) is 19.2 Å². The first kappa shape index (κ1) is 61.7. The molecule has 0 radical (unpaired) electrons. The number of carbonyl (C=O) groups is 2. The molecular formula is C52H76N14O9S4Si. The predicted octanol–water partition coefficient (Wildman–Crippen LogP) is 10.0. The lowest BCUT2D eigenvalue weighted by atomic mass is 9.86. The average molecular weight is 1200 g/mol. The first-order valence-electron chi connectivity index (χ1n) is 27.1. The molecule has 2 aliphatic carbocycles. The maximum absolute atomic E-state index is 13.3. The molecule has 2 aromatic carbocycles. The number of aromatic amines is 1. The molecule has 4 aromatic heterocycles. The first-order valence-corrected chi connectivity index (χ1v) is 35.4. The highest BCUT2D eigenvalue weighted by molar-refractivity contribution is 7.90. The number of hydrogen-bond donors (Lipinski definition) is 7. The van der Waals surface area contributed by atoms with Crippen LogP contribution in [0, 0.1) is 0 Å². The van der Waals surface area contributed by atoms with E-state index >= 15 is 0 Å². The summed E-state index contributed by atoms with van der Waals surface area (Å²) in [7, 11) is -8.71. The predicted molar refractivity (Wildman–Crippen MR) is 313 cm³/mol. The van der Waals surface area contributed by atoms with Crippen LogP contribution < -0.4 is 30.7 Å². The summed E-state index contributed by atoms with van der Waals surface area (Å²) >= 11 is 3.03. The van der Waals surface area contributed by atoms with Gasteiger partial charge in [0.25, 0.3) is 0 Å². The first-order chi connectivity index (χ1) is 38.1. The van der Waals surface area contributed by atoms with Crippen LogP contribution in [-0.2, 0) is 41.0 Å². The number of carbonyl (C=O) groups excluding carboxylic acids is 2. The molecule has 2 amide bonds. The highest BCUT2D eigenvalue weighted by Gasteiger charge is 2.30. The zero-order valence-electron chi connectivity index (χ0n) is 46.9. The number of aromatic nitrogens is 8. The molecule has 8 rings (SSSR count). The Bertz CT molecular complexity index is 3180. The lowest BCUT2D eigenvalue weighted by Gasteiger charge is -2.28. The molecule has 7 N–H and O–H groups in total. The van der Waals surface area contributed by atoms with Crippen LogP contribution in [0.4, 0.5) is 32.6 Å². The second-order valence-electron chi connectivity index (χ2n) is 21.4. The Labute approximate surface area is 478 Å². The van der Waals surface area contributed by atoms with Crippen LogP contribution in [0.25, 0.3) is 20.9 Å². The molecule has 80 heavy (non-hydrogen) atoms. The number of H-pyrrole nitrogens is 1. The number of benzene rings is 2. The van der Waals surface area contributed by atoms with E-state index in [2.05, 4.69) is 80.9 Å². The molecule has 2 saturated carbocycles. The molecule has 23 nitrogen and oxygen atoms in total. The molecule has 0 aliphatic heterocycles. The van der Waals surface area contributed by atoms with Crippen molar-refractivity contribution in [3.63, 3.8) is 0 Å². The summed E-state index contributed by atoms with van der Waals surface area (Å²) in [5.74, 6) is 1.49. The van der Waals surface area contributed by atoms with Crippen molar-refractivity contribution in [1.82, 2.24) is 60.5 Å². The molecule has 6 aromatic rings. The minimum absolute atomic E-state index is 0.0814. The lowest BCUT2D eigenvalue weighted by molar-refractivity contribution is 0.0687. The molecule has 0 spiro atoms. The van der Waals surface area contributed by atoms with E-state index in [0.29, 0.717) is 40.7 Å². The van der Waals surface area contributed by atoms with Crippen molar-refractivity contribution in [3.05, 3.63) is 71.2 Å². The van der Waals surface area contributed by atoms with Crippen molar-refractivity contribution in [2.45, 2.75) is 171 Å². The molecule has 0 unspecified atom stereocenters. The monoisotopic (exact) mass is 1200 g/mol. The molecule has 2 fully saturated rings. The molecule has 436 valence electrons. The quantitative estimate of drug-likeness (QED) is 0.0232. The van der Waals surface area contributed by atoms with Crippen LogP contribution in [0.5, 0.6) is 0 Å². The maximum Gasteiger partial charge on any atom is 0.407 e. The number of nitrogens with one attached hydrogen (secondary N) is 7. The Morgan fingerprint density at radius 3 is 1.59 bits per heavy atom. The lowest BCUT2D eigenvalue weighted by Crippen LogP contribution is -2.38. The van der Waals surface area contributed by atoms with Crippen LogP contribution in [0.2, 0.25) is 25.7 Å². The van der Waals surface area contributed by atoms with Gasteiger partial charge in [-0.1, -0.05) is 45.6 Å². The fourth-order valence-corrected chi connectivity index (χ4v) is 14.8. The number of hydrogen-bond acceptors (Lipinski definition) is 19. The Hall–Kier alpha value is -5.88. The summed E-state index contributed by atoms with van der Waals surface area (Å²) in [5.41, 5.74) is 2.34. The standard InChI is InChI=1S/C29H45N7O5S2Si.C23H31N7O4S2/c1-7-32-43(38,39)26-16-23(33-27-18-31-36(35-27)19-40-14-15-44(4,5)6)12-13-24(26)25-17-30-28(42-25)21-8-10-22(11-9-21)34-29(37)41-20(2)3;1-4-26-36(32,33)20-11-17(27-21-13-25-30-29-21)9-10-18(20)19-12-24-22(35-19)15-5-7-16(8-6-15)28-23(31)34-14(2)3/h12-13,16-18,20-22,32H,7-11,14-15,19H2,1-6H3,(H,33,35)(H,34,37);9-16,26H,4-8H2,1-3H3,(H,28,31)(H2,25,27,29,30). The SMILES string of the molecule is CCNS(=O)(=O)c1cc(Nc2cn[nH]n2)ccc1-c1cnc(C2CCC(NC(=O)OC(C)C)CC2)s1.CCNS(=O)(=O)c1cc(Nc2cnn(COCC[Si](C)(C)C)n2)ccc1-c1cnc(C2CCC(NC(=O)OC(C)C)CC2)s1. The number of rotatable bonds is 23. The van der Waals surface area contributed by atoms with Crippen molar-refractivity contribution < 1.29 is 40.6 Å². The molecule has 4 heterocycles. The zero-order chi connectivity index (χ0) is 57.6. The summed E-state index contributed by atoms with van der Waals surface area (Å²) < 4.78 is 74.0. The van der Waals surface area contributed by atoms with Gasteiger partial charge in [0.1, 0.15) is 0 Å². The van der Waals surface area contributed by atoms with E-state index in [1.165, 1.54) is 33.7 Å². The van der Waals surface area contributed by atoms with Gasteiger partial charge in [0, 0.05) is 86.6 Å². The Morgan fingerprint density at radius 2 is 1.16 bits per heavy atom. The van der Waals surface area contributed by atoms with Gasteiger partial charge in [-0.05, 0) is 109 Å². The molecule has 0 bridgehead atoms. The van der Waals surface area contributed by atoms with Gasteiger partial charge < -0.3 is 35.5 Å². The van der Waals surface area contributed by atoms with E-state index in [9.17, 15) is 26.4 Å². The topological polar surface area (TPSA) is 300 Å². The van der Waals surface area contributed by atoms with E-state index in [1.54, 1.807) is 56.7 Å². The smallest absolute Gasteiger partial charge is 0.407 e.